The zero-order chi connectivity index (χ0) is 10.4. The van der Waals surface area contributed by atoms with E-state index in [4.69, 9.17) is 0 Å². The Bertz CT molecular complexity index is 333. The van der Waals surface area contributed by atoms with Gasteiger partial charge in [0.2, 0.25) is 0 Å². The van der Waals surface area contributed by atoms with Crippen LogP contribution in [0, 0.1) is 5.41 Å². The van der Waals surface area contributed by atoms with Gasteiger partial charge in [-0.15, -0.1) is 0 Å². The predicted octanol–water partition coefficient (Wildman–Crippen LogP) is 1.91. The SMILES string of the molecule is CCn1ccnc1C1(O)CC(C)(C)C1. The molecule has 0 bridgehead atoms. The molecule has 3 heteroatoms. The molecule has 2 rings (SSSR count). The van der Waals surface area contributed by atoms with Crippen molar-refractivity contribution in [2.75, 3.05) is 0 Å². The van der Waals surface area contributed by atoms with E-state index in [1.54, 1.807) is 6.20 Å². The number of imidazole rings is 1. The van der Waals surface area contributed by atoms with E-state index in [0.29, 0.717) is 0 Å². The van der Waals surface area contributed by atoms with Gasteiger partial charge in [0.1, 0.15) is 11.4 Å². The fraction of sp³-hybridized carbons (Fsp3) is 0.727. The van der Waals surface area contributed by atoms with Crippen LogP contribution in [0.1, 0.15) is 39.4 Å². The molecular weight excluding hydrogens is 176 g/mol. The highest BCUT2D eigenvalue weighted by molar-refractivity contribution is 5.13. The van der Waals surface area contributed by atoms with E-state index in [9.17, 15) is 5.11 Å². The van der Waals surface area contributed by atoms with Crippen LogP contribution in [0.15, 0.2) is 12.4 Å². The van der Waals surface area contributed by atoms with Gasteiger partial charge < -0.3 is 9.67 Å². The van der Waals surface area contributed by atoms with Crippen LogP contribution in [0.25, 0.3) is 0 Å². The van der Waals surface area contributed by atoms with Crippen molar-refractivity contribution in [3.8, 4) is 0 Å². The summed E-state index contributed by atoms with van der Waals surface area (Å²) in [6, 6.07) is 0. The molecule has 1 aromatic rings. The number of hydrogen-bond acceptors (Lipinski definition) is 2. The lowest BCUT2D eigenvalue weighted by Crippen LogP contribution is -2.48. The summed E-state index contributed by atoms with van der Waals surface area (Å²) in [4.78, 5) is 4.26. The van der Waals surface area contributed by atoms with E-state index < -0.39 is 5.60 Å². The maximum atomic E-state index is 10.3. The molecule has 0 aromatic carbocycles. The van der Waals surface area contributed by atoms with Crippen molar-refractivity contribution in [2.24, 2.45) is 5.41 Å². The second-order valence-electron chi connectivity index (χ2n) is 5.09. The Labute approximate surface area is 84.8 Å². The normalized spacial score (nSPS) is 23.1. The lowest BCUT2D eigenvalue weighted by atomic mass is 9.61. The second-order valence-corrected chi connectivity index (χ2v) is 5.09. The third kappa shape index (κ3) is 1.36. The van der Waals surface area contributed by atoms with Gasteiger partial charge in [-0.25, -0.2) is 4.98 Å². The molecule has 3 nitrogen and oxygen atoms in total. The first-order valence-corrected chi connectivity index (χ1v) is 5.21. The molecule has 78 valence electrons. The molecule has 0 atom stereocenters. The van der Waals surface area contributed by atoms with Gasteiger partial charge in [0.05, 0.1) is 0 Å². The highest BCUT2D eigenvalue weighted by atomic mass is 16.3. The van der Waals surface area contributed by atoms with Gasteiger partial charge in [0.15, 0.2) is 0 Å². The van der Waals surface area contributed by atoms with Gasteiger partial charge in [0, 0.05) is 18.9 Å². The molecule has 0 aliphatic heterocycles. The predicted molar refractivity (Wildman–Crippen MR) is 54.8 cm³/mol. The van der Waals surface area contributed by atoms with E-state index in [0.717, 1.165) is 25.2 Å². The third-order valence-corrected chi connectivity index (χ3v) is 3.01. The molecule has 0 unspecified atom stereocenters. The van der Waals surface area contributed by atoms with Gasteiger partial charge >= 0.3 is 0 Å². The van der Waals surface area contributed by atoms with E-state index in [1.807, 2.05) is 10.8 Å². The summed E-state index contributed by atoms with van der Waals surface area (Å²) in [5.41, 5.74) is -0.414. The van der Waals surface area contributed by atoms with Crippen molar-refractivity contribution in [2.45, 2.75) is 45.8 Å². The van der Waals surface area contributed by atoms with Crippen LogP contribution in [0.3, 0.4) is 0 Å². The van der Waals surface area contributed by atoms with Gasteiger partial charge in [-0.2, -0.15) is 0 Å². The standard InChI is InChI=1S/C11H18N2O/c1-4-13-6-5-12-9(13)11(14)7-10(2,3)8-11/h5-6,14H,4,7-8H2,1-3H3. The molecule has 1 heterocycles. The molecule has 1 aliphatic carbocycles. The molecule has 0 radical (unpaired) electrons. The molecule has 1 fully saturated rings. The summed E-state index contributed by atoms with van der Waals surface area (Å²) < 4.78 is 2.02. The summed E-state index contributed by atoms with van der Waals surface area (Å²) in [6.45, 7) is 7.30. The Balaban J connectivity index is 2.24. The quantitative estimate of drug-likeness (QED) is 0.781. The molecular formula is C11H18N2O. The molecule has 0 saturated heterocycles. The molecule has 1 N–H and O–H groups in total. The minimum absolute atomic E-state index is 0.263. The summed E-state index contributed by atoms with van der Waals surface area (Å²) in [5, 5.41) is 10.3. The molecule has 14 heavy (non-hydrogen) atoms. The first-order valence-electron chi connectivity index (χ1n) is 5.21. The maximum absolute atomic E-state index is 10.3. The highest BCUT2D eigenvalue weighted by Crippen LogP contribution is 2.52. The summed E-state index contributed by atoms with van der Waals surface area (Å²) >= 11 is 0. The molecule has 1 aliphatic rings. The van der Waals surface area contributed by atoms with Crippen molar-refractivity contribution in [3.63, 3.8) is 0 Å². The Hall–Kier alpha value is -0.830. The highest BCUT2D eigenvalue weighted by Gasteiger charge is 2.51. The Morgan fingerprint density at radius 3 is 2.64 bits per heavy atom. The Morgan fingerprint density at radius 1 is 1.50 bits per heavy atom. The first kappa shape index (κ1) is 9.71. The second kappa shape index (κ2) is 2.83. The zero-order valence-electron chi connectivity index (χ0n) is 9.12. The van der Waals surface area contributed by atoms with Crippen molar-refractivity contribution in [1.82, 2.24) is 9.55 Å². The minimum Gasteiger partial charge on any atom is -0.382 e. The fourth-order valence-corrected chi connectivity index (χ4v) is 2.66. The number of aromatic nitrogens is 2. The number of aliphatic hydroxyl groups is 1. The van der Waals surface area contributed by atoms with E-state index in [2.05, 4.69) is 25.8 Å². The fourth-order valence-electron chi connectivity index (χ4n) is 2.66. The molecule has 0 amide bonds. The van der Waals surface area contributed by atoms with Gasteiger partial charge in [0.25, 0.3) is 0 Å². The van der Waals surface area contributed by atoms with Crippen LogP contribution in [0.4, 0.5) is 0 Å². The van der Waals surface area contributed by atoms with E-state index in [-0.39, 0.29) is 5.41 Å². The summed E-state index contributed by atoms with van der Waals surface area (Å²) in [7, 11) is 0. The summed E-state index contributed by atoms with van der Waals surface area (Å²) in [5.74, 6) is 0.833. The smallest absolute Gasteiger partial charge is 0.140 e. The van der Waals surface area contributed by atoms with E-state index >= 15 is 0 Å². The van der Waals surface area contributed by atoms with Crippen LogP contribution < -0.4 is 0 Å². The number of hydrogen-bond donors (Lipinski definition) is 1. The number of aryl methyl sites for hydroxylation is 1. The number of nitrogens with zero attached hydrogens (tertiary/aromatic N) is 2. The number of rotatable bonds is 2. The average molecular weight is 194 g/mol. The first-order chi connectivity index (χ1) is 6.47. The third-order valence-electron chi connectivity index (χ3n) is 3.01. The monoisotopic (exact) mass is 194 g/mol. The zero-order valence-corrected chi connectivity index (χ0v) is 9.12. The average Bonchev–Trinajstić information content (AvgIpc) is 2.47. The largest absolute Gasteiger partial charge is 0.382 e. The van der Waals surface area contributed by atoms with Gasteiger partial charge in [-0.1, -0.05) is 13.8 Å². The van der Waals surface area contributed by atoms with Crippen molar-refractivity contribution in [3.05, 3.63) is 18.2 Å². The molecule has 1 saturated carbocycles. The molecule has 0 spiro atoms. The van der Waals surface area contributed by atoms with Crippen LogP contribution in [0.2, 0.25) is 0 Å². The maximum Gasteiger partial charge on any atom is 0.140 e. The minimum atomic E-state index is -0.678. The van der Waals surface area contributed by atoms with Gasteiger partial charge in [-0.05, 0) is 25.2 Å². The summed E-state index contributed by atoms with van der Waals surface area (Å²) in [6.07, 6.45) is 5.33. The Morgan fingerprint density at radius 2 is 2.14 bits per heavy atom. The van der Waals surface area contributed by atoms with Crippen molar-refractivity contribution in [1.29, 1.82) is 0 Å². The van der Waals surface area contributed by atoms with E-state index in [1.165, 1.54) is 0 Å². The lowest BCUT2D eigenvalue weighted by Gasteiger charge is -2.49. The van der Waals surface area contributed by atoms with Crippen LogP contribution in [-0.4, -0.2) is 14.7 Å². The lowest BCUT2D eigenvalue weighted by molar-refractivity contribution is -0.127. The Kier molecular flexibility index (Phi) is 1.96. The molecule has 1 aromatic heterocycles. The van der Waals surface area contributed by atoms with Crippen LogP contribution in [-0.2, 0) is 12.1 Å². The van der Waals surface area contributed by atoms with Gasteiger partial charge in [-0.3, -0.25) is 0 Å². The van der Waals surface area contributed by atoms with Crippen molar-refractivity contribution < 1.29 is 5.11 Å². The van der Waals surface area contributed by atoms with Crippen LogP contribution in [0.5, 0.6) is 0 Å². The van der Waals surface area contributed by atoms with Crippen LogP contribution >= 0.6 is 0 Å². The topological polar surface area (TPSA) is 38.0 Å². The van der Waals surface area contributed by atoms with Crippen molar-refractivity contribution >= 4 is 0 Å².